The van der Waals surface area contributed by atoms with Gasteiger partial charge in [0.05, 0.1) is 11.0 Å². The molecule has 0 spiro atoms. The Morgan fingerprint density at radius 1 is 1.19 bits per heavy atom. The molecule has 1 aliphatic rings. The van der Waals surface area contributed by atoms with Gasteiger partial charge < -0.3 is 4.90 Å². The van der Waals surface area contributed by atoms with Crippen LogP contribution in [-0.2, 0) is 20.4 Å². The van der Waals surface area contributed by atoms with Gasteiger partial charge in [-0.1, -0.05) is 30.3 Å². The van der Waals surface area contributed by atoms with Crippen molar-refractivity contribution in [3.8, 4) is 0 Å². The molecule has 2 unspecified atom stereocenters. The topological polar surface area (TPSA) is 54.5 Å². The van der Waals surface area contributed by atoms with E-state index in [4.69, 9.17) is 0 Å². The molecule has 0 saturated heterocycles. The van der Waals surface area contributed by atoms with Crippen molar-refractivity contribution in [2.45, 2.75) is 30.3 Å². The normalized spacial score (nSPS) is 23.5. The lowest BCUT2D eigenvalue weighted by Gasteiger charge is -2.29. The Hall–Kier alpha value is -1.20. The second kappa shape index (κ2) is 6.71. The number of Topliss-reactive ketones (excluding diaryl/α,β-unsaturated/α-hetero) is 1. The van der Waals surface area contributed by atoms with E-state index in [1.54, 1.807) is 0 Å². The molecule has 2 rings (SSSR count). The van der Waals surface area contributed by atoms with Crippen LogP contribution in [0.1, 0.15) is 24.8 Å². The summed E-state index contributed by atoms with van der Waals surface area (Å²) in [5.74, 6) is 0.126. The fraction of sp³-hybridized carbons (Fsp3) is 0.562. The van der Waals surface area contributed by atoms with E-state index in [-0.39, 0.29) is 22.7 Å². The standard InChI is InChI=1S/C16H23NO3S/c1-17(2)11-14-10-15(8-9-16(14)18)21(19,20)12-13-6-4-3-5-7-13/h3-7,14-15H,8-12H2,1-2H3. The van der Waals surface area contributed by atoms with Crippen LogP contribution < -0.4 is 0 Å². The van der Waals surface area contributed by atoms with Gasteiger partial charge in [-0.25, -0.2) is 8.42 Å². The molecular formula is C16H23NO3S. The molecule has 0 aliphatic heterocycles. The van der Waals surface area contributed by atoms with E-state index in [2.05, 4.69) is 0 Å². The average molecular weight is 309 g/mol. The molecule has 0 N–H and O–H groups in total. The highest BCUT2D eigenvalue weighted by molar-refractivity contribution is 7.91. The number of rotatable bonds is 5. The largest absolute Gasteiger partial charge is 0.309 e. The van der Waals surface area contributed by atoms with Crippen LogP contribution in [0.3, 0.4) is 0 Å². The van der Waals surface area contributed by atoms with Crippen molar-refractivity contribution >= 4 is 15.6 Å². The third-order valence-electron chi connectivity index (χ3n) is 4.02. The molecule has 1 fully saturated rings. The number of ketones is 1. The van der Waals surface area contributed by atoms with Gasteiger partial charge in [-0.05, 0) is 32.5 Å². The van der Waals surface area contributed by atoms with Gasteiger partial charge in [0, 0.05) is 18.9 Å². The average Bonchev–Trinajstić information content (AvgIpc) is 2.41. The number of sulfone groups is 1. The van der Waals surface area contributed by atoms with E-state index in [0.29, 0.717) is 25.8 Å². The molecule has 2 atom stereocenters. The number of hydrogen-bond acceptors (Lipinski definition) is 4. The van der Waals surface area contributed by atoms with Crippen molar-refractivity contribution in [2.75, 3.05) is 20.6 Å². The van der Waals surface area contributed by atoms with Crippen LogP contribution >= 0.6 is 0 Å². The van der Waals surface area contributed by atoms with Gasteiger partial charge in [0.25, 0.3) is 0 Å². The Morgan fingerprint density at radius 3 is 2.48 bits per heavy atom. The summed E-state index contributed by atoms with van der Waals surface area (Å²) in [5.41, 5.74) is 0.818. The first-order valence-corrected chi connectivity index (χ1v) is 9.03. The molecule has 21 heavy (non-hydrogen) atoms. The van der Waals surface area contributed by atoms with Crippen LogP contribution in [-0.4, -0.2) is 45.0 Å². The molecular weight excluding hydrogens is 286 g/mol. The van der Waals surface area contributed by atoms with Crippen molar-refractivity contribution in [3.63, 3.8) is 0 Å². The minimum absolute atomic E-state index is 0.0708. The highest BCUT2D eigenvalue weighted by Gasteiger charge is 2.36. The third-order valence-corrected chi connectivity index (χ3v) is 6.20. The number of nitrogens with zero attached hydrogens (tertiary/aromatic N) is 1. The summed E-state index contributed by atoms with van der Waals surface area (Å²) in [7, 11) is 0.625. The van der Waals surface area contributed by atoms with E-state index in [1.807, 2.05) is 49.3 Å². The molecule has 1 aromatic carbocycles. The van der Waals surface area contributed by atoms with Crippen LogP contribution in [0.2, 0.25) is 0 Å². The van der Waals surface area contributed by atoms with Crippen LogP contribution in [0.25, 0.3) is 0 Å². The summed E-state index contributed by atoms with van der Waals surface area (Å²) in [5, 5.41) is -0.389. The first-order chi connectivity index (χ1) is 9.88. The number of carbonyl (C=O) groups is 1. The zero-order chi connectivity index (χ0) is 15.5. The van der Waals surface area contributed by atoms with E-state index in [0.717, 1.165) is 5.56 Å². The molecule has 0 aromatic heterocycles. The Kier molecular flexibility index (Phi) is 5.17. The highest BCUT2D eigenvalue weighted by atomic mass is 32.2. The Morgan fingerprint density at radius 2 is 1.86 bits per heavy atom. The second-order valence-corrected chi connectivity index (χ2v) is 8.40. The van der Waals surface area contributed by atoms with E-state index in [9.17, 15) is 13.2 Å². The predicted molar refractivity (Wildman–Crippen MR) is 83.8 cm³/mol. The van der Waals surface area contributed by atoms with E-state index < -0.39 is 9.84 Å². The van der Waals surface area contributed by atoms with Crippen LogP contribution in [0.4, 0.5) is 0 Å². The molecule has 0 radical (unpaired) electrons. The van der Waals surface area contributed by atoms with Gasteiger partial charge in [-0.2, -0.15) is 0 Å². The second-order valence-electron chi connectivity index (χ2n) is 6.11. The number of benzene rings is 1. The lowest BCUT2D eigenvalue weighted by atomic mass is 9.87. The maximum atomic E-state index is 12.6. The third kappa shape index (κ3) is 4.38. The molecule has 0 amide bonds. The number of hydrogen-bond donors (Lipinski definition) is 0. The van der Waals surface area contributed by atoms with E-state index >= 15 is 0 Å². The molecule has 0 heterocycles. The summed E-state index contributed by atoms with van der Waals surface area (Å²) in [4.78, 5) is 13.9. The lowest BCUT2D eigenvalue weighted by Crippen LogP contribution is -2.38. The summed E-state index contributed by atoms with van der Waals surface area (Å²) in [6.45, 7) is 0.635. The first-order valence-electron chi connectivity index (χ1n) is 7.31. The molecule has 5 heteroatoms. The summed E-state index contributed by atoms with van der Waals surface area (Å²) in [6.07, 6.45) is 1.32. The summed E-state index contributed by atoms with van der Waals surface area (Å²) in [6, 6.07) is 9.25. The fourth-order valence-electron chi connectivity index (χ4n) is 2.94. The highest BCUT2D eigenvalue weighted by Crippen LogP contribution is 2.28. The Labute approximate surface area is 127 Å². The Balaban J connectivity index is 2.08. The van der Waals surface area contributed by atoms with Crippen molar-refractivity contribution in [1.29, 1.82) is 0 Å². The monoisotopic (exact) mass is 309 g/mol. The summed E-state index contributed by atoms with van der Waals surface area (Å²) >= 11 is 0. The van der Waals surface area contributed by atoms with Crippen molar-refractivity contribution < 1.29 is 13.2 Å². The van der Waals surface area contributed by atoms with Gasteiger partial charge in [0.2, 0.25) is 0 Å². The lowest BCUT2D eigenvalue weighted by molar-refractivity contribution is -0.124. The number of carbonyl (C=O) groups excluding carboxylic acids is 1. The maximum Gasteiger partial charge on any atom is 0.157 e. The van der Waals surface area contributed by atoms with Crippen LogP contribution in [0.15, 0.2) is 30.3 Å². The molecule has 1 aromatic rings. The van der Waals surface area contributed by atoms with Crippen LogP contribution in [0, 0.1) is 5.92 Å². The maximum absolute atomic E-state index is 12.6. The van der Waals surface area contributed by atoms with Crippen molar-refractivity contribution in [2.24, 2.45) is 5.92 Å². The van der Waals surface area contributed by atoms with Gasteiger partial charge in [-0.15, -0.1) is 0 Å². The quantitative estimate of drug-likeness (QED) is 0.833. The van der Waals surface area contributed by atoms with Crippen molar-refractivity contribution in [1.82, 2.24) is 4.90 Å². The molecule has 1 saturated carbocycles. The fourth-order valence-corrected chi connectivity index (χ4v) is 4.84. The van der Waals surface area contributed by atoms with Crippen molar-refractivity contribution in [3.05, 3.63) is 35.9 Å². The molecule has 1 aliphatic carbocycles. The van der Waals surface area contributed by atoms with Gasteiger partial charge in [0.15, 0.2) is 9.84 Å². The zero-order valence-corrected chi connectivity index (χ0v) is 13.5. The predicted octanol–water partition coefficient (Wildman–Crippen LogP) is 1.90. The zero-order valence-electron chi connectivity index (χ0n) is 12.7. The SMILES string of the molecule is CN(C)CC1CC(S(=O)(=O)Cc2ccccc2)CCC1=O. The minimum Gasteiger partial charge on any atom is -0.309 e. The van der Waals surface area contributed by atoms with E-state index in [1.165, 1.54) is 0 Å². The molecule has 0 bridgehead atoms. The van der Waals surface area contributed by atoms with Gasteiger partial charge in [-0.3, -0.25) is 4.79 Å². The minimum atomic E-state index is -3.20. The Bertz CT molecular complexity index is 581. The smallest absolute Gasteiger partial charge is 0.157 e. The molecule has 116 valence electrons. The first kappa shape index (κ1) is 16.2. The van der Waals surface area contributed by atoms with Crippen LogP contribution in [0.5, 0.6) is 0 Å². The molecule has 4 nitrogen and oxygen atoms in total. The summed E-state index contributed by atoms with van der Waals surface area (Å²) < 4.78 is 25.1. The van der Waals surface area contributed by atoms with Gasteiger partial charge in [0.1, 0.15) is 5.78 Å². The van der Waals surface area contributed by atoms with Gasteiger partial charge >= 0.3 is 0 Å².